The van der Waals surface area contributed by atoms with Crippen molar-refractivity contribution in [1.82, 2.24) is 0 Å². The Bertz CT molecular complexity index is 1310. The van der Waals surface area contributed by atoms with Crippen molar-refractivity contribution in [2.75, 3.05) is 0 Å². The summed E-state index contributed by atoms with van der Waals surface area (Å²) in [6.45, 7) is 6.71. The van der Waals surface area contributed by atoms with Gasteiger partial charge in [0.15, 0.2) is 28.4 Å². The maximum Gasteiger partial charge on any atom is 0.342 e. The minimum absolute atomic E-state index is 0.147. The minimum atomic E-state index is -2.46. The van der Waals surface area contributed by atoms with E-state index in [9.17, 15) is 29.4 Å². The number of hydrogen-bond acceptors (Lipinski definition) is 9. The number of aliphatic hydroxyl groups is 2. The molecule has 0 amide bonds. The molecule has 3 aliphatic carbocycles. The highest BCUT2D eigenvalue weighted by Crippen LogP contribution is 2.73. The molecular weight excluding hydrogens is 480 g/mol. The van der Waals surface area contributed by atoms with Crippen LogP contribution in [0.3, 0.4) is 0 Å². The fraction of sp³-hybridized carbons (Fsp3) is 0.643. The monoisotopic (exact) mass is 510 g/mol. The first-order chi connectivity index (χ1) is 17.2. The number of allylic oxidation sites excluding steroid dienone is 5. The molecule has 9 nitrogen and oxygen atoms in total. The maximum atomic E-state index is 14.6. The standard InChI is InChI=1S/C28H30O9/c1-13-21(31)35-18-12-23(13,2)19-20(30)27(34)16-9-8-14-6-5-7-17(29)24(14,3)15(16)10-11-26(33)22(32)36-25(18,4)28(19,26)37-27/h5-9,13,15-16,18-19,33-34H,10-12H2,1-4H3/t13-,15+,16-,18-,19+,23-,24+,25+,26+,27-,28+/m1/s1. The summed E-state index contributed by atoms with van der Waals surface area (Å²) in [5, 5.41) is 24.6. The highest BCUT2D eigenvalue weighted by molar-refractivity contribution is 6.01. The van der Waals surface area contributed by atoms with Crippen LogP contribution in [0.5, 0.6) is 0 Å². The normalized spacial score (nSPS) is 56.9. The summed E-state index contributed by atoms with van der Waals surface area (Å²) >= 11 is 0. The van der Waals surface area contributed by atoms with Gasteiger partial charge in [0, 0.05) is 5.92 Å². The predicted molar refractivity (Wildman–Crippen MR) is 124 cm³/mol. The second kappa shape index (κ2) is 6.33. The molecule has 4 aliphatic heterocycles. The second-order valence-electron chi connectivity index (χ2n) is 12.6. The van der Waals surface area contributed by atoms with Crippen LogP contribution in [0, 0.1) is 34.5 Å². The van der Waals surface area contributed by atoms with E-state index in [2.05, 4.69) is 0 Å². The average Bonchev–Trinajstić information content (AvgIpc) is 3.19. The Morgan fingerprint density at radius 1 is 1.05 bits per heavy atom. The van der Waals surface area contributed by atoms with Gasteiger partial charge in [0.1, 0.15) is 6.10 Å². The van der Waals surface area contributed by atoms with Crippen molar-refractivity contribution in [3.05, 3.63) is 36.0 Å². The average molecular weight is 511 g/mol. The number of carbonyl (C=O) groups is 4. The first-order valence-electron chi connectivity index (χ1n) is 13.0. The molecule has 1 saturated carbocycles. The molecule has 0 aromatic rings. The molecule has 196 valence electrons. The van der Waals surface area contributed by atoms with Crippen molar-refractivity contribution in [3.63, 3.8) is 0 Å². The summed E-state index contributed by atoms with van der Waals surface area (Å²) in [6.07, 6.45) is 7.62. The number of Topliss-reactive ketones (excluding diaryl/α,β-unsaturated/α-hetero) is 1. The van der Waals surface area contributed by atoms with E-state index in [1.807, 2.05) is 6.08 Å². The quantitative estimate of drug-likeness (QED) is 0.462. The van der Waals surface area contributed by atoms with Gasteiger partial charge in [-0.15, -0.1) is 0 Å². The van der Waals surface area contributed by atoms with E-state index in [1.54, 1.807) is 39.0 Å². The molecule has 9 heteroatoms. The molecule has 0 unspecified atom stereocenters. The zero-order valence-electron chi connectivity index (χ0n) is 21.1. The summed E-state index contributed by atoms with van der Waals surface area (Å²) in [7, 11) is 0. The van der Waals surface area contributed by atoms with Crippen LogP contribution in [0.4, 0.5) is 0 Å². The Labute approximate surface area is 213 Å². The molecule has 1 spiro atoms. The molecule has 2 N–H and O–H groups in total. The summed E-state index contributed by atoms with van der Waals surface area (Å²) < 4.78 is 18.1. The van der Waals surface area contributed by atoms with Crippen LogP contribution in [-0.4, -0.2) is 62.4 Å². The highest BCUT2D eigenvalue weighted by atomic mass is 16.7. The van der Waals surface area contributed by atoms with Crippen molar-refractivity contribution in [2.24, 2.45) is 34.5 Å². The Kier molecular flexibility index (Phi) is 4.02. The molecule has 5 fully saturated rings. The summed E-state index contributed by atoms with van der Waals surface area (Å²) in [5.74, 6) is -8.44. The number of ether oxygens (including phenoxy) is 3. The molecule has 0 aromatic heterocycles. The van der Waals surface area contributed by atoms with Crippen molar-refractivity contribution < 1.29 is 43.6 Å². The van der Waals surface area contributed by atoms with E-state index in [0.717, 1.165) is 5.57 Å². The number of ketones is 2. The lowest BCUT2D eigenvalue weighted by Crippen LogP contribution is -2.78. The van der Waals surface area contributed by atoms with Crippen LogP contribution >= 0.6 is 0 Å². The zero-order chi connectivity index (χ0) is 26.6. The van der Waals surface area contributed by atoms with E-state index in [-0.39, 0.29) is 25.0 Å². The van der Waals surface area contributed by atoms with E-state index in [1.165, 1.54) is 13.0 Å². The van der Waals surface area contributed by atoms with Crippen LogP contribution in [0.2, 0.25) is 0 Å². The third-order valence-corrected chi connectivity index (χ3v) is 11.4. The minimum Gasteiger partial charge on any atom is -0.458 e. The van der Waals surface area contributed by atoms with Gasteiger partial charge in [-0.3, -0.25) is 14.4 Å². The van der Waals surface area contributed by atoms with Gasteiger partial charge in [0.25, 0.3) is 0 Å². The first kappa shape index (κ1) is 23.5. The van der Waals surface area contributed by atoms with Crippen molar-refractivity contribution in [2.45, 2.75) is 75.7 Å². The lowest BCUT2D eigenvalue weighted by molar-refractivity contribution is -0.342. The number of fused-ring (bicyclic) bond motifs is 9. The van der Waals surface area contributed by atoms with Gasteiger partial charge >= 0.3 is 11.9 Å². The highest BCUT2D eigenvalue weighted by Gasteiger charge is 2.91. The van der Waals surface area contributed by atoms with E-state index in [0.29, 0.717) is 0 Å². The Hall–Kier alpha value is -2.62. The van der Waals surface area contributed by atoms with Gasteiger partial charge in [-0.05, 0) is 56.1 Å². The topological polar surface area (TPSA) is 136 Å². The lowest BCUT2D eigenvalue weighted by Gasteiger charge is -2.61. The van der Waals surface area contributed by atoms with Crippen molar-refractivity contribution in [1.29, 1.82) is 0 Å². The van der Waals surface area contributed by atoms with Crippen LogP contribution in [0.1, 0.15) is 47.0 Å². The molecular formula is C28H30O9. The Morgan fingerprint density at radius 2 is 1.78 bits per heavy atom. The van der Waals surface area contributed by atoms with E-state index < -0.39 is 80.9 Å². The Morgan fingerprint density at radius 3 is 2.51 bits per heavy atom. The van der Waals surface area contributed by atoms with Gasteiger partial charge in [0.2, 0.25) is 5.79 Å². The molecule has 7 aliphatic rings. The van der Waals surface area contributed by atoms with Crippen molar-refractivity contribution >= 4 is 23.5 Å². The molecule has 0 aromatic carbocycles. The van der Waals surface area contributed by atoms with Gasteiger partial charge in [-0.2, -0.15) is 0 Å². The number of esters is 2. The molecule has 0 radical (unpaired) electrons. The Balaban J connectivity index is 1.51. The van der Waals surface area contributed by atoms with Gasteiger partial charge in [0.05, 0.1) is 17.3 Å². The SMILES string of the molecule is C[C@@H]1C(=O)O[C@@H]2C[C@@]1(C)[C@@H]1C(=O)[C@]3(O)O[C@]14[C@@]2(C)OC(=O)[C@@]4(O)CC[C@H]1[C@H]3C=CC2=CC=CC(=O)[C@@]21C. The third kappa shape index (κ3) is 2.12. The largest absolute Gasteiger partial charge is 0.458 e. The van der Waals surface area contributed by atoms with Crippen LogP contribution < -0.4 is 0 Å². The number of rotatable bonds is 0. The smallest absolute Gasteiger partial charge is 0.342 e. The summed E-state index contributed by atoms with van der Waals surface area (Å²) in [4.78, 5) is 54.4. The summed E-state index contributed by atoms with van der Waals surface area (Å²) in [6, 6.07) is 0. The maximum absolute atomic E-state index is 14.6. The fourth-order valence-corrected chi connectivity index (χ4v) is 9.05. The summed E-state index contributed by atoms with van der Waals surface area (Å²) in [5.41, 5.74) is -7.45. The lowest BCUT2D eigenvalue weighted by atomic mass is 9.46. The molecule has 4 bridgehead atoms. The molecule has 4 heterocycles. The zero-order valence-corrected chi connectivity index (χ0v) is 21.1. The molecule has 7 rings (SSSR count). The van der Waals surface area contributed by atoms with Crippen LogP contribution in [0.25, 0.3) is 0 Å². The van der Waals surface area contributed by atoms with Gasteiger partial charge in [-0.25, -0.2) is 4.79 Å². The number of hydrogen-bond donors (Lipinski definition) is 2. The molecule has 11 atom stereocenters. The van der Waals surface area contributed by atoms with Crippen LogP contribution in [-0.2, 0) is 33.4 Å². The van der Waals surface area contributed by atoms with Gasteiger partial charge in [-0.1, -0.05) is 38.2 Å². The second-order valence-corrected chi connectivity index (χ2v) is 12.6. The fourth-order valence-electron chi connectivity index (χ4n) is 9.05. The first-order valence-corrected chi connectivity index (χ1v) is 13.0. The number of carbonyl (C=O) groups excluding carboxylic acids is 4. The van der Waals surface area contributed by atoms with Crippen molar-refractivity contribution in [3.8, 4) is 0 Å². The van der Waals surface area contributed by atoms with Crippen LogP contribution in [0.15, 0.2) is 36.0 Å². The molecule has 37 heavy (non-hydrogen) atoms. The van der Waals surface area contributed by atoms with E-state index >= 15 is 0 Å². The third-order valence-electron chi connectivity index (χ3n) is 11.4. The predicted octanol–water partition coefficient (Wildman–Crippen LogP) is 1.31. The van der Waals surface area contributed by atoms with E-state index in [4.69, 9.17) is 14.2 Å². The van der Waals surface area contributed by atoms with Gasteiger partial charge < -0.3 is 24.4 Å². The molecule has 4 saturated heterocycles.